The third kappa shape index (κ3) is 3.90. The minimum Gasteiger partial charge on any atom is -0.348 e. The summed E-state index contributed by atoms with van der Waals surface area (Å²) in [7, 11) is 0. The average molecular weight is 292 g/mol. The van der Waals surface area contributed by atoms with Gasteiger partial charge >= 0.3 is 0 Å². The summed E-state index contributed by atoms with van der Waals surface area (Å²) in [6, 6.07) is 1.85. The number of nitrogens with zero attached hydrogens (tertiary/aromatic N) is 3. The van der Waals surface area contributed by atoms with Crippen molar-refractivity contribution in [3.05, 3.63) is 34.0 Å². The first-order chi connectivity index (χ1) is 9.56. The molecule has 0 aromatic carbocycles. The molecule has 0 spiro atoms. The maximum atomic E-state index is 11.9. The minimum absolute atomic E-state index is 0.0304. The number of rotatable bonds is 6. The van der Waals surface area contributed by atoms with Gasteiger partial charge in [0.25, 0.3) is 0 Å². The minimum atomic E-state index is -0.0304. The largest absolute Gasteiger partial charge is 0.348 e. The predicted molar refractivity (Wildman–Crippen MR) is 79.6 cm³/mol. The van der Waals surface area contributed by atoms with Crippen LogP contribution in [-0.2, 0) is 11.3 Å². The highest BCUT2D eigenvalue weighted by molar-refractivity contribution is 7.11. The van der Waals surface area contributed by atoms with Crippen molar-refractivity contribution in [3.8, 4) is 0 Å². The van der Waals surface area contributed by atoms with E-state index in [2.05, 4.69) is 15.4 Å². The fraction of sp³-hybridized carbons (Fsp3) is 0.500. The van der Waals surface area contributed by atoms with Gasteiger partial charge in [0.1, 0.15) is 0 Å². The molecule has 2 aromatic rings. The fourth-order valence-corrected chi connectivity index (χ4v) is 3.08. The van der Waals surface area contributed by atoms with Crippen LogP contribution in [0.15, 0.2) is 18.5 Å². The Morgan fingerprint density at radius 3 is 2.90 bits per heavy atom. The molecule has 20 heavy (non-hydrogen) atoms. The van der Waals surface area contributed by atoms with Gasteiger partial charge in [0.05, 0.1) is 16.7 Å². The van der Waals surface area contributed by atoms with Crippen molar-refractivity contribution in [2.45, 2.75) is 46.2 Å². The third-order valence-electron chi connectivity index (χ3n) is 3.08. The topological polar surface area (TPSA) is 59.8 Å². The second-order valence-corrected chi connectivity index (χ2v) is 6.24. The summed E-state index contributed by atoms with van der Waals surface area (Å²) in [5.74, 6) is 0.0645. The molecule has 0 radical (unpaired) electrons. The average Bonchev–Trinajstić information content (AvgIpc) is 2.99. The molecular weight excluding hydrogens is 272 g/mol. The first-order valence-corrected chi connectivity index (χ1v) is 7.58. The van der Waals surface area contributed by atoms with E-state index in [1.807, 2.05) is 37.7 Å². The summed E-state index contributed by atoms with van der Waals surface area (Å²) in [5, 5.41) is 8.16. The van der Waals surface area contributed by atoms with E-state index in [0.29, 0.717) is 6.42 Å². The molecule has 2 rings (SSSR count). The van der Waals surface area contributed by atoms with Crippen molar-refractivity contribution in [2.75, 3.05) is 0 Å². The van der Waals surface area contributed by atoms with Crippen LogP contribution in [0.1, 0.15) is 41.4 Å². The van der Waals surface area contributed by atoms with Gasteiger partial charge in [-0.05, 0) is 33.3 Å². The molecule has 0 aliphatic rings. The van der Waals surface area contributed by atoms with Gasteiger partial charge in [0, 0.05) is 30.2 Å². The summed E-state index contributed by atoms with van der Waals surface area (Å²) < 4.78 is 1.84. The Hall–Kier alpha value is -1.69. The predicted octanol–water partition coefficient (Wildman–Crippen LogP) is 2.61. The molecule has 0 bridgehead atoms. The van der Waals surface area contributed by atoms with Crippen LogP contribution in [0.3, 0.4) is 0 Å². The highest BCUT2D eigenvalue weighted by atomic mass is 32.1. The lowest BCUT2D eigenvalue weighted by molar-refractivity contribution is -0.121. The zero-order valence-corrected chi connectivity index (χ0v) is 12.9. The van der Waals surface area contributed by atoms with E-state index in [9.17, 15) is 4.79 Å². The molecular formula is C14H20N4OS. The quantitative estimate of drug-likeness (QED) is 0.890. The van der Waals surface area contributed by atoms with Crippen LogP contribution < -0.4 is 5.32 Å². The summed E-state index contributed by atoms with van der Waals surface area (Å²) >= 11 is 1.67. The van der Waals surface area contributed by atoms with E-state index < -0.39 is 0 Å². The van der Waals surface area contributed by atoms with Gasteiger partial charge in [-0.3, -0.25) is 9.48 Å². The Balaban J connectivity index is 1.77. The van der Waals surface area contributed by atoms with Gasteiger partial charge in [-0.1, -0.05) is 0 Å². The Bertz CT molecular complexity index is 562. The summed E-state index contributed by atoms with van der Waals surface area (Å²) in [6.45, 7) is 6.77. The molecule has 6 heteroatoms. The van der Waals surface area contributed by atoms with E-state index in [-0.39, 0.29) is 11.9 Å². The van der Waals surface area contributed by atoms with Crippen molar-refractivity contribution >= 4 is 17.2 Å². The lowest BCUT2D eigenvalue weighted by Gasteiger charge is -2.12. The Morgan fingerprint density at radius 2 is 2.30 bits per heavy atom. The number of aromatic nitrogens is 3. The molecule has 0 aliphatic carbocycles. The maximum absolute atomic E-state index is 11.9. The number of aryl methyl sites for hydroxylation is 3. The van der Waals surface area contributed by atoms with Crippen molar-refractivity contribution in [2.24, 2.45) is 0 Å². The second kappa shape index (κ2) is 6.65. The van der Waals surface area contributed by atoms with E-state index >= 15 is 0 Å². The standard InChI is InChI=1S/C14H20N4OS/c1-10(14-11(2)20-12(3)17-14)16-13(19)6-4-8-18-9-5-7-15-18/h5,7,9-10H,4,6,8H2,1-3H3,(H,16,19)/t10-/m0/s1. The van der Waals surface area contributed by atoms with Crippen LogP contribution in [0.4, 0.5) is 0 Å². The van der Waals surface area contributed by atoms with Crippen molar-refractivity contribution in [3.63, 3.8) is 0 Å². The Labute approximate surface area is 123 Å². The van der Waals surface area contributed by atoms with Gasteiger partial charge in [0.2, 0.25) is 5.91 Å². The zero-order chi connectivity index (χ0) is 14.5. The molecule has 0 fully saturated rings. The molecule has 1 amide bonds. The van der Waals surface area contributed by atoms with Crippen molar-refractivity contribution < 1.29 is 4.79 Å². The van der Waals surface area contributed by atoms with Gasteiger partial charge in [-0.2, -0.15) is 5.10 Å². The van der Waals surface area contributed by atoms with Crippen LogP contribution in [0.2, 0.25) is 0 Å². The molecule has 0 unspecified atom stereocenters. The van der Waals surface area contributed by atoms with Crippen LogP contribution in [-0.4, -0.2) is 20.7 Å². The molecule has 0 saturated heterocycles. The SMILES string of the molecule is Cc1nc([C@H](C)NC(=O)CCCn2cccn2)c(C)s1. The van der Waals surface area contributed by atoms with E-state index in [0.717, 1.165) is 23.7 Å². The molecule has 108 valence electrons. The summed E-state index contributed by atoms with van der Waals surface area (Å²) in [4.78, 5) is 17.6. The first kappa shape index (κ1) is 14.7. The number of thiazole rings is 1. The van der Waals surface area contributed by atoms with Crippen molar-refractivity contribution in [1.29, 1.82) is 0 Å². The number of nitrogens with one attached hydrogen (secondary N) is 1. The zero-order valence-electron chi connectivity index (χ0n) is 12.1. The molecule has 5 nitrogen and oxygen atoms in total. The van der Waals surface area contributed by atoms with E-state index in [1.165, 1.54) is 4.88 Å². The van der Waals surface area contributed by atoms with Crippen LogP contribution >= 0.6 is 11.3 Å². The smallest absolute Gasteiger partial charge is 0.220 e. The van der Waals surface area contributed by atoms with Gasteiger partial charge in [-0.25, -0.2) is 4.98 Å². The van der Waals surface area contributed by atoms with Gasteiger partial charge in [0.15, 0.2) is 0 Å². The summed E-state index contributed by atoms with van der Waals surface area (Å²) in [6.07, 6.45) is 4.94. The molecule has 0 saturated carbocycles. The highest BCUT2D eigenvalue weighted by Gasteiger charge is 2.15. The maximum Gasteiger partial charge on any atom is 0.220 e. The van der Waals surface area contributed by atoms with Crippen molar-refractivity contribution in [1.82, 2.24) is 20.1 Å². The third-order valence-corrected chi connectivity index (χ3v) is 3.98. The monoisotopic (exact) mass is 292 g/mol. The highest BCUT2D eigenvalue weighted by Crippen LogP contribution is 2.22. The normalized spacial score (nSPS) is 12.3. The van der Waals surface area contributed by atoms with Gasteiger partial charge in [-0.15, -0.1) is 11.3 Å². The Kier molecular flexibility index (Phi) is 4.89. The number of carbonyl (C=O) groups excluding carboxylic acids is 1. The van der Waals surface area contributed by atoms with E-state index in [4.69, 9.17) is 0 Å². The number of amides is 1. The Morgan fingerprint density at radius 1 is 1.50 bits per heavy atom. The number of carbonyl (C=O) groups is 1. The molecule has 2 aromatic heterocycles. The lowest BCUT2D eigenvalue weighted by atomic mass is 10.2. The fourth-order valence-electron chi connectivity index (χ4n) is 2.16. The molecule has 1 N–H and O–H groups in total. The summed E-state index contributed by atoms with van der Waals surface area (Å²) in [5.41, 5.74) is 0.980. The first-order valence-electron chi connectivity index (χ1n) is 6.77. The molecule has 1 atom stereocenters. The van der Waals surface area contributed by atoms with Crippen LogP contribution in [0.25, 0.3) is 0 Å². The van der Waals surface area contributed by atoms with E-state index in [1.54, 1.807) is 17.5 Å². The lowest BCUT2D eigenvalue weighted by Crippen LogP contribution is -2.27. The second-order valence-electron chi connectivity index (χ2n) is 4.84. The number of hydrogen-bond donors (Lipinski definition) is 1. The molecule has 0 aliphatic heterocycles. The van der Waals surface area contributed by atoms with Crippen LogP contribution in [0, 0.1) is 13.8 Å². The van der Waals surface area contributed by atoms with Crippen LogP contribution in [0.5, 0.6) is 0 Å². The molecule has 2 heterocycles. The number of hydrogen-bond acceptors (Lipinski definition) is 4. The van der Waals surface area contributed by atoms with Gasteiger partial charge < -0.3 is 5.32 Å².